The van der Waals surface area contributed by atoms with Crippen LogP contribution < -0.4 is 0 Å². The molecule has 3 heteroatoms. The van der Waals surface area contributed by atoms with E-state index in [0.29, 0.717) is 0 Å². The highest BCUT2D eigenvalue weighted by molar-refractivity contribution is 5.82. The van der Waals surface area contributed by atoms with Crippen LogP contribution >= 0.6 is 0 Å². The Kier molecular flexibility index (Phi) is 10.4. The maximum Gasteiger partial charge on any atom is 0.209 e. The van der Waals surface area contributed by atoms with Crippen LogP contribution in [0.1, 0.15) is 79.1 Å². The number of rotatable bonds is 2. The molecule has 0 radical (unpaired) electrons. The molecule has 0 aromatic heterocycles. The second kappa shape index (κ2) is 10.9. The fourth-order valence-corrected chi connectivity index (χ4v) is 2.54. The Balaban J connectivity index is 0.000000377. The first-order valence-corrected chi connectivity index (χ1v) is 8.29. The zero-order chi connectivity index (χ0) is 15.4. The highest BCUT2D eigenvalue weighted by Crippen LogP contribution is 2.30. The third-order valence-corrected chi connectivity index (χ3v) is 4.40. The van der Waals surface area contributed by atoms with Crippen LogP contribution in [0.25, 0.3) is 0 Å². The molecular weight excluding hydrogens is 250 g/mol. The Labute approximate surface area is 125 Å². The predicted molar refractivity (Wildman–Crippen MR) is 84.7 cm³/mol. The smallest absolute Gasteiger partial charge is 0.209 e. The zero-order valence-corrected chi connectivity index (χ0v) is 13.9. The Morgan fingerprint density at radius 3 is 1.55 bits per heavy atom. The Morgan fingerprint density at radius 1 is 0.950 bits per heavy atom. The first-order valence-electron chi connectivity index (χ1n) is 8.29. The molecule has 0 aromatic carbocycles. The van der Waals surface area contributed by atoms with Gasteiger partial charge in [0.05, 0.1) is 0 Å². The monoisotopic (exact) mass is 283 g/mol. The molecule has 0 spiro atoms. The summed E-state index contributed by atoms with van der Waals surface area (Å²) < 4.78 is 0. The van der Waals surface area contributed by atoms with E-state index < -0.39 is 0 Å². The van der Waals surface area contributed by atoms with Crippen LogP contribution in [0.3, 0.4) is 0 Å². The summed E-state index contributed by atoms with van der Waals surface area (Å²) in [6, 6.07) is 0. The lowest BCUT2D eigenvalue weighted by Gasteiger charge is -2.35. The predicted octanol–water partition coefficient (Wildman–Crippen LogP) is 4.20. The van der Waals surface area contributed by atoms with Gasteiger partial charge in [0.2, 0.25) is 6.41 Å². The number of nitrogens with zero attached hydrogens (tertiary/aromatic N) is 1. The summed E-state index contributed by atoms with van der Waals surface area (Å²) >= 11 is 0. The average Bonchev–Trinajstić information content (AvgIpc) is 2.52. The van der Waals surface area contributed by atoms with E-state index in [1.807, 2.05) is 20.8 Å². The minimum Gasteiger partial charge on any atom is -0.345 e. The molecule has 20 heavy (non-hydrogen) atoms. The van der Waals surface area contributed by atoms with Gasteiger partial charge in [-0.15, -0.1) is 0 Å². The molecule has 3 nitrogen and oxygen atoms in total. The van der Waals surface area contributed by atoms with E-state index in [4.69, 9.17) is 0 Å². The number of piperidine rings is 1. The number of amides is 1. The van der Waals surface area contributed by atoms with Crippen LogP contribution in [-0.4, -0.2) is 30.2 Å². The molecule has 118 valence electrons. The molecule has 0 aromatic rings. The summed E-state index contributed by atoms with van der Waals surface area (Å²) in [7, 11) is 0. The summed E-state index contributed by atoms with van der Waals surface area (Å²) in [6.07, 6.45) is 11.5. The van der Waals surface area contributed by atoms with Crippen molar-refractivity contribution < 1.29 is 9.59 Å². The van der Waals surface area contributed by atoms with Gasteiger partial charge in [-0.25, -0.2) is 0 Å². The summed E-state index contributed by atoms with van der Waals surface area (Å²) in [4.78, 5) is 23.3. The largest absolute Gasteiger partial charge is 0.345 e. The van der Waals surface area contributed by atoms with E-state index in [-0.39, 0.29) is 11.2 Å². The van der Waals surface area contributed by atoms with Gasteiger partial charge in [-0.3, -0.25) is 9.59 Å². The molecule has 1 aliphatic heterocycles. The Morgan fingerprint density at radius 2 is 1.30 bits per heavy atom. The number of ketones is 1. The fraction of sp³-hybridized carbons (Fsp3) is 0.882. The van der Waals surface area contributed by atoms with E-state index in [1.54, 1.807) is 11.8 Å². The fourth-order valence-electron chi connectivity index (χ4n) is 2.54. The summed E-state index contributed by atoms with van der Waals surface area (Å²) in [5, 5.41) is 0. The molecule has 2 fully saturated rings. The van der Waals surface area contributed by atoms with Crippen molar-refractivity contribution in [2.75, 3.05) is 13.1 Å². The summed E-state index contributed by atoms with van der Waals surface area (Å²) in [5.74, 6) is 0.244. The van der Waals surface area contributed by atoms with Crippen LogP contribution in [0.2, 0.25) is 0 Å². The molecule has 1 aliphatic carbocycles. The normalized spacial score (nSPS) is 20.7. The van der Waals surface area contributed by atoms with Crippen molar-refractivity contribution in [3.05, 3.63) is 0 Å². The molecule has 1 saturated carbocycles. The van der Waals surface area contributed by atoms with Gasteiger partial charge in [0, 0.05) is 18.5 Å². The summed E-state index contributed by atoms with van der Waals surface area (Å²) in [6.45, 7) is 9.06. The van der Waals surface area contributed by atoms with Crippen LogP contribution in [-0.2, 0) is 9.59 Å². The van der Waals surface area contributed by atoms with Crippen LogP contribution in [0.4, 0.5) is 0 Å². The topological polar surface area (TPSA) is 37.4 Å². The van der Waals surface area contributed by atoms with Crippen molar-refractivity contribution in [3.63, 3.8) is 0 Å². The Hall–Kier alpha value is -0.860. The van der Waals surface area contributed by atoms with Crippen molar-refractivity contribution >= 4 is 12.2 Å². The highest BCUT2D eigenvalue weighted by Gasteiger charge is 2.33. The number of carbonyl (C=O) groups excluding carboxylic acids is 2. The zero-order valence-electron chi connectivity index (χ0n) is 13.9. The van der Waals surface area contributed by atoms with Crippen molar-refractivity contribution in [1.29, 1.82) is 0 Å². The van der Waals surface area contributed by atoms with Crippen molar-refractivity contribution in [2.24, 2.45) is 5.41 Å². The lowest BCUT2D eigenvalue weighted by Crippen LogP contribution is -2.41. The van der Waals surface area contributed by atoms with Gasteiger partial charge in [0.1, 0.15) is 5.78 Å². The standard InChI is InChI=1S/C9H15NO2.C6H12.C2H6/c1-8(12)9(2)3-5-10(7-11)6-4-9;1-2-4-6-5-3-1;1-2/h7H,3-6H2,1-2H3;1-6H2;1-2H3. The molecule has 0 atom stereocenters. The molecule has 0 unspecified atom stereocenters. The first kappa shape index (κ1) is 19.1. The second-order valence-corrected chi connectivity index (χ2v) is 5.88. The van der Waals surface area contributed by atoms with Gasteiger partial charge < -0.3 is 4.90 Å². The van der Waals surface area contributed by atoms with E-state index in [0.717, 1.165) is 32.3 Å². The number of hydrogen-bond donors (Lipinski definition) is 0. The molecule has 2 rings (SSSR count). The number of likely N-dealkylation sites (tertiary alicyclic amines) is 1. The van der Waals surface area contributed by atoms with Crippen LogP contribution in [0, 0.1) is 5.41 Å². The van der Waals surface area contributed by atoms with E-state index >= 15 is 0 Å². The van der Waals surface area contributed by atoms with Gasteiger partial charge >= 0.3 is 0 Å². The van der Waals surface area contributed by atoms with Crippen LogP contribution in [0.15, 0.2) is 0 Å². The van der Waals surface area contributed by atoms with Gasteiger partial charge in [-0.2, -0.15) is 0 Å². The molecule has 0 N–H and O–H groups in total. The maximum absolute atomic E-state index is 11.2. The maximum atomic E-state index is 11.2. The lowest BCUT2D eigenvalue weighted by atomic mass is 9.77. The number of hydrogen-bond acceptors (Lipinski definition) is 2. The van der Waals surface area contributed by atoms with Crippen molar-refractivity contribution in [1.82, 2.24) is 4.90 Å². The second-order valence-electron chi connectivity index (χ2n) is 5.88. The van der Waals surface area contributed by atoms with Crippen LogP contribution in [0.5, 0.6) is 0 Å². The Bertz CT molecular complexity index is 253. The molecular formula is C17H33NO2. The van der Waals surface area contributed by atoms with Gasteiger partial charge in [0.25, 0.3) is 0 Å². The number of Topliss-reactive ketones (excluding diaryl/α,β-unsaturated/α-hetero) is 1. The lowest BCUT2D eigenvalue weighted by molar-refractivity contribution is -0.131. The third kappa shape index (κ3) is 7.06. The van der Waals surface area contributed by atoms with Gasteiger partial charge in [0.15, 0.2) is 0 Å². The molecule has 2 aliphatic rings. The minimum atomic E-state index is -0.181. The van der Waals surface area contributed by atoms with Gasteiger partial charge in [-0.1, -0.05) is 59.3 Å². The molecule has 1 amide bonds. The van der Waals surface area contributed by atoms with E-state index in [2.05, 4.69) is 0 Å². The number of carbonyl (C=O) groups is 2. The highest BCUT2D eigenvalue weighted by atomic mass is 16.1. The molecule has 0 bridgehead atoms. The summed E-state index contributed by atoms with van der Waals surface area (Å²) in [5.41, 5.74) is -0.181. The van der Waals surface area contributed by atoms with Gasteiger partial charge in [-0.05, 0) is 19.8 Å². The van der Waals surface area contributed by atoms with Crippen molar-refractivity contribution in [2.45, 2.75) is 79.1 Å². The minimum absolute atomic E-state index is 0.181. The quantitative estimate of drug-likeness (QED) is 0.712. The molecule has 1 saturated heterocycles. The first-order chi connectivity index (χ1) is 9.58. The molecule has 1 heterocycles. The van der Waals surface area contributed by atoms with Crippen molar-refractivity contribution in [3.8, 4) is 0 Å². The third-order valence-electron chi connectivity index (χ3n) is 4.40. The van der Waals surface area contributed by atoms with E-state index in [9.17, 15) is 9.59 Å². The van der Waals surface area contributed by atoms with E-state index in [1.165, 1.54) is 38.5 Å². The average molecular weight is 283 g/mol. The SMILES string of the molecule is C1CCCCC1.CC.CC(=O)C1(C)CCN(C=O)CC1.